The lowest BCUT2D eigenvalue weighted by molar-refractivity contribution is 0.0532. The SMILES string of the molecule is O=S(=O)(CCCCl)NC12CCC(CS(=O)(=O)c3ccc(Br)cc3)(CC1)CC2. The second-order valence-electron chi connectivity index (χ2n) is 7.96. The fraction of sp³-hybridized carbons (Fsp3) is 0.667. The van der Waals surface area contributed by atoms with Crippen LogP contribution in [0, 0.1) is 5.41 Å². The first-order valence-corrected chi connectivity index (χ1v) is 13.8. The van der Waals surface area contributed by atoms with Crippen molar-refractivity contribution in [1.29, 1.82) is 0 Å². The zero-order valence-corrected chi connectivity index (χ0v) is 19.1. The van der Waals surface area contributed by atoms with E-state index >= 15 is 0 Å². The predicted octanol–water partition coefficient (Wildman–Crippen LogP) is 3.86. The van der Waals surface area contributed by atoms with Crippen LogP contribution in [0.25, 0.3) is 0 Å². The average Bonchev–Trinajstić information content (AvgIpc) is 2.61. The number of sulfone groups is 1. The molecule has 4 rings (SSSR count). The molecule has 152 valence electrons. The number of sulfonamides is 1. The number of benzene rings is 1. The highest BCUT2D eigenvalue weighted by molar-refractivity contribution is 9.10. The van der Waals surface area contributed by atoms with Crippen LogP contribution in [0.15, 0.2) is 33.6 Å². The molecule has 0 aliphatic heterocycles. The van der Waals surface area contributed by atoms with Gasteiger partial charge in [0, 0.05) is 15.9 Å². The lowest BCUT2D eigenvalue weighted by Gasteiger charge is -2.53. The Morgan fingerprint density at radius 3 is 2.04 bits per heavy atom. The Morgan fingerprint density at radius 2 is 1.52 bits per heavy atom. The van der Waals surface area contributed by atoms with Crippen LogP contribution in [-0.4, -0.2) is 39.8 Å². The first-order valence-electron chi connectivity index (χ1n) is 9.15. The summed E-state index contributed by atoms with van der Waals surface area (Å²) in [7, 11) is -6.71. The summed E-state index contributed by atoms with van der Waals surface area (Å²) in [6.07, 6.45) is 4.74. The van der Waals surface area contributed by atoms with E-state index in [1.165, 1.54) is 0 Å². The van der Waals surface area contributed by atoms with Gasteiger partial charge in [-0.05, 0) is 74.6 Å². The van der Waals surface area contributed by atoms with Crippen LogP contribution in [0.1, 0.15) is 44.9 Å². The topological polar surface area (TPSA) is 80.3 Å². The van der Waals surface area contributed by atoms with Gasteiger partial charge >= 0.3 is 0 Å². The summed E-state index contributed by atoms with van der Waals surface area (Å²) in [6, 6.07) is 6.76. The van der Waals surface area contributed by atoms with Crippen molar-refractivity contribution in [3.05, 3.63) is 28.7 Å². The maximum Gasteiger partial charge on any atom is 0.212 e. The molecule has 0 radical (unpaired) electrons. The monoisotopic (exact) mass is 497 g/mol. The van der Waals surface area contributed by atoms with Gasteiger partial charge in [0.15, 0.2) is 9.84 Å². The van der Waals surface area contributed by atoms with Gasteiger partial charge in [-0.3, -0.25) is 0 Å². The summed E-state index contributed by atoms with van der Waals surface area (Å²) in [5, 5.41) is 0. The molecule has 5 nitrogen and oxygen atoms in total. The van der Waals surface area contributed by atoms with Crippen molar-refractivity contribution in [2.75, 3.05) is 17.4 Å². The molecule has 0 heterocycles. The van der Waals surface area contributed by atoms with Crippen molar-refractivity contribution >= 4 is 47.4 Å². The molecule has 3 aliphatic rings. The Bertz CT molecular complexity index is 860. The van der Waals surface area contributed by atoms with Gasteiger partial charge in [0.2, 0.25) is 10.0 Å². The molecule has 3 aliphatic carbocycles. The van der Waals surface area contributed by atoms with Crippen LogP contribution in [-0.2, 0) is 19.9 Å². The standard InChI is InChI=1S/C18H25BrClNO4S2/c19-15-2-4-16(5-3-15)26(22,23)14-17-6-9-18(10-7-17,11-8-17)21-27(24,25)13-1-12-20/h2-5,21H,1,6-14H2. The van der Waals surface area contributed by atoms with Gasteiger partial charge in [-0.1, -0.05) is 15.9 Å². The molecule has 2 bridgehead atoms. The van der Waals surface area contributed by atoms with Gasteiger partial charge in [0.1, 0.15) is 0 Å². The predicted molar refractivity (Wildman–Crippen MR) is 111 cm³/mol. The van der Waals surface area contributed by atoms with Gasteiger partial charge in [-0.15, -0.1) is 11.6 Å². The fourth-order valence-corrected chi connectivity index (χ4v) is 8.49. The van der Waals surface area contributed by atoms with Crippen molar-refractivity contribution in [1.82, 2.24) is 4.72 Å². The maximum atomic E-state index is 12.9. The molecule has 0 spiro atoms. The molecule has 1 aromatic carbocycles. The fourth-order valence-electron chi connectivity index (χ4n) is 4.39. The first kappa shape index (κ1) is 21.6. The third kappa shape index (κ3) is 5.07. The average molecular weight is 499 g/mol. The Morgan fingerprint density at radius 1 is 0.963 bits per heavy atom. The molecule has 0 unspecified atom stereocenters. The van der Waals surface area contributed by atoms with E-state index in [-0.39, 0.29) is 16.9 Å². The van der Waals surface area contributed by atoms with E-state index in [0.717, 1.165) is 23.7 Å². The number of nitrogens with one attached hydrogen (secondary N) is 1. The second kappa shape index (κ2) is 7.94. The number of alkyl halides is 1. The minimum atomic E-state index is -3.36. The van der Waals surface area contributed by atoms with Crippen LogP contribution < -0.4 is 4.72 Å². The van der Waals surface area contributed by atoms with E-state index in [1.807, 2.05) is 0 Å². The van der Waals surface area contributed by atoms with Gasteiger partial charge in [-0.2, -0.15) is 0 Å². The molecule has 27 heavy (non-hydrogen) atoms. The summed E-state index contributed by atoms with van der Waals surface area (Å²) in [4.78, 5) is 0.351. The van der Waals surface area contributed by atoms with Crippen molar-refractivity contribution in [3.63, 3.8) is 0 Å². The minimum absolute atomic E-state index is 0.0430. The molecule has 0 aromatic heterocycles. The third-order valence-corrected chi connectivity index (χ3v) is 10.3. The normalized spacial score (nSPS) is 28.4. The van der Waals surface area contributed by atoms with Gasteiger partial charge in [0.25, 0.3) is 0 Å². The van der Waals surface area contributed by atoms with Crippen LogP contribution in [0.4, 0.5) is 0 Å². The van der Waals surface area contributed by atoms with Crippen LogP contribution >= 0.6 is 27.5 Å². The van der Waals surface area contributed by atoms with Gasteiger partial charge in [0.05, 0.1) is 16.4 Å². The largest absolute Gasteiger partial charge is 0.224 e. The highest BCUT2D eigenvalue weighted by Gasteiger charge is 2.51. The number of rotatable bonds is 8. The summed E-state index contributed by atoms with van der Waals surface area (Å²) < 4.78 is 54.1. The first-order chi connectivity index (χ1) is 12.6. The van der Waals surface area contributed by atoms with E-state index in [1.54, 1.807) is 24.3 Å². The molecule has 1 aromatic rings. The Hall–Kier alpha value is -0.150. The van der Waals surface area contributed by atoms with Crippen molar-refractivity contribution < 1.29 is 16.8 Å². The van der Waals surface area contributed by atoms with E-state index in [9.17, 15) is 16.8 Å². The molecule has 0 amide bonds. The van der Waals surface area contributed by atoms with Gasteiger partial charge in [-0.25, -0.2) is 21.6 Å². The van der Waals surface area contributed by atoms with Crippen LogP contribution in [0.3, 0.4) is 0 Å². The summed E-state index contributed by atoms with van der Waals surface area (Å²) in [5.74, 6) is 0.503. The van der Waals surface area contributed by atoms with Crippen molar-refractivity contribution in [2.24, 2.45) is 5.41 Å². The molecular formula is C18H25BrClNO4S2. The Labute approximate surface area is 175 Å². The molecule has 0 atom stereocenters. The lowest BCUT2D eigenvalue weighted by Crippen LogP contribution is -2.58. The molecule has 9 heteroatoms. The molecule has 0 saturated heterocycles. The van der Waals surface area contributed by atoms with E-state index < -0.39 is 25.4 Å². The van der Waals surface area contributed by atoms with Crippen LogP contribution in [0.5, 0.6) is 0 Å². The summed E-state index contributed by atoms with van der Waals surface area (Å²) in [5.41, 5.74) is -0.649. The number of hydrogen-bond donors (Lipinski definition) is 1. The molecule has 3 fully saturated rings. The van der Waals surface area contributed by atoms with Crippen molar-refractivity contribution in [2.45, 2.75) is 55.4 Å². The quantitative estimate of drug-likeness (QED) is 0.552. The number of halogens is 2. The number of fused-ring (bicyclic) bond motifs is 3. The van der Waals surface area contributed by atoms with E-state index in [0.29, 0.717) is 36.5 Å². The Kier molecular flexibility index (Phi) is 6.34. The smallest absolute Gasteiger partial charge is 0.212 e. The molecular weight excluding hydrogens is 474 g/mol. The zero-order chi connectivity index (χ0) is 19.8. The van der Waals surface area contributed by atoms with Crippen molar-refractivity contribution in [3.8, 4) is 0 Å². The Balaban J connectivity index is 1.68. The maximum absolute atomic E-state index is 12.9. The van der Waals surface area contributed by atoms with E-state index in [4.69, 9.17) is 11.6 Å². The second-order valence-corrected chi connectivity index (χ2v) is 13.1. The summed E-state index contributed by atoms with van der Waals surface area (Å²) >= 11 is 8.94. The zero-order valence-electron chi connectivity index (χ0n) is 15.1. The minimum Gasteiger partial charge on any atom is -0.224 e. The highest BCUT2D eigenvalue weighted by atomic mass is 79.9. The highest BCUT2D eigenvalue weighted by Crippen LogP contribution is 2.53. The van der Waals surface area contributed by atoms with Gasteiger partial charge < -0.3 is 0 Å². The van der Waals surface area contributed by atoms with E-state index in [2.05, 4.69) is 20.7 Å². The molecule has 3 saturated carbocycles. The third-order valence-electron chi connectivity index (χ3n) is 5.99. The number of hydrogen-bond acceptors (Lipinski definition) is 4. The summed E-state index contributed by atoms with van der Waals surface area (Å²) in [6.45, 7) is 0. The molecule has 1 N–H and O–H groups in total. The van der Waals surface area contributed by atoms with Crippen LogP contribution in [0.2, 0.25) is 0 Å². The lowest BCUT2D eigenvalue weighted by atomic mass is 9.58.